The summed E-state index contributed by atoms with van der Waals surface area (Å²) in [4.78, 5) is 22.0. The van der Waals surface area contributed by atoms with Gasteiger partial charge in [-0.15, -0.1) is 0 Å². The number of halogens is 2. The van der Waals surface area contributed by atoms with Crippen molar-refractivity contribution in [1.82, 2.24) is 9.36 Å². The van der Waals surface area contributed by atoms with Gasteiger partial charge in [-0.1, -0.05) is 24.1 Å². The van der Waals surface area contributed by atoms with Crippen LogP contribution in [0.5, 0.6) is 0 Å². The number of rotatable bonds is 4. The lowest BCUT2D eigenvalue weighted by molar-refractivity contribution is 0.102. The number of aryl methyl sites for hydroxylation is 1. The van der Waals surface area contributed by atoms with E-state index in [1.54, 1.807) is 13.1 Å². The first-order chi connectivity index (χ1) is 15.5. The second-order valence-corrected chi connectivity index (χ2v) is 8.45. The Morgan fingerprint density at radius 1 is 1.34 bits per heavy atom. The van der Waals surface area contributed by atoms with E-state index in [0.717, 1.165) is 37.2 Å². The maximum absolute atomic E-state index is 13.8. The van der Waals surface area contributed by atoms with Crippen LogP contribution in [0.15, 0.2) is 52.2 Å². The summed E-state index contributed by atoms with van der Waals surface area (Å²) in [6.07, 6.45) is 10.9. The van der Waals surface area contributed by atoms with E-state index >= 15 is 0 Å². The summed E-state index contributed by atoms with van der Waals surface area (Å²) in [6, 6.07) is 3.88. The highest BCUT2D eigenvalue weighted by Crippen LogP contribution is 2.29. The van der Waals surface area contributed by atoms with Crippen molar-refractivity contribution in [3.63, 3.8) is 0 Å². The Morgan fingerprint density at radius 3 is 3.00 bits per heavy atom. The van der Waals surface area contributed by atoms with E-state index in [2.05, 4.69) is 20.0 Å². The fraction of sp³-hybridized carbons (Fsp3) is 0.273. The van der Waals surface area contributed by atoms with Gasteiger partial charge in [0.1, 0.15) is 29.0 Å². The van der Waals surface area contributed by atoms with Crippen molar-refractivity contribution in [2.45, 2.75) is 38.6 Å². The molecule has 10 heteroatoms. The van der Waals surface area contributed by atoms with Crippen molar-refractivity contribution in [3.8, 4) is 0 Å². The minimum Gasteiger partial charge on any atom is -0.447 e. The molecule has 1 aliphatic heterocycles. The summed E-state index contributed by atoms with van der Waals surface area (Å²) in [5, 5.41) is 6.47. The number of amides is 1. The van der Waals surface area contributed by atoms with E-state index in [9.17, 15) is 9.18 Å². The quantitative estimate of drug-likeness (QED) is 0.473. The Balaban J connectivity index is 1.59. The molecule has 4 rings (SSSR count). The summed E-state index contributed by atoms with van der Waals surface area (Å²) in [5.74, 6) is 0.135. The van der Waals surface area contributed by atoms with Gasteiger partial charge in [0, 0.05) is 5.69 Å². The number of aliphatic imine (C=N–C) groups is 1. The van der Waals surface area contributed by atoms with Crippen LogP contribution in [0.25, 0.3) is 0 Å². The van der Waals surface area contributed by atoms with Gasteiger partial charge in [0.05, 0.1) is 22.5 Å². The minimum absolute atomic E-state index is 0.00987. The maximum atomic E-state index is 13.8. The van der Waals surface area contributed by atoms with Crippen LogP contribution in [-0.4, -0.2) is 21.1 Å². The topological polar surface area (TPSA) is 92.4 Å². The second-order valence-electron chi connectivity index (χ2n) is 7.27. The van der Waals surface area contributed by atoms with Gasteiger partial charge in [-0.3, -0.25) is 9.79 Å². The van der Waals surface area contributed by atoms with Crippen molar-refractivity contribution < 1.29 is 13.6 Å². The molecule has 0 fully saturated rings. The molecule has 1 unspecified atom stereocenters. The zero-order valence-electron chi connectivity index (χ0n) is 17.3. The fourth-order valence-corrected chi connectivity index (χ4v) is 4.25. The molecular weight excluding hydrogens is 453 g/mol. The lowest BCUT2D eigenvalue weighted by Gasteiger charge is -2.12. The predicted octanol–water partition coefficient (Wildman–Crippen LogP) is 6.17. The highest BCUT2D eigenvalue weighted by Gasteiger charge is 2.21. The molecule has 0 bridgehead atoms. The number of aromatic nitrogens is 2. The third-order valence-electron chi connectivity index (χ3n) is 4.91. The molecule has 0 spiro atoms. The predicted molar refractivity (Wildman–Crippen MR) is 124 cm³/mol. The number of carbonyl (C=O) groups excluding carboxylic acids is 1. The van der Waals surface area contributed by atoms with Crippen LogP contribution in [0.3, 0.4) is 0 Å². The lowest BCUT2D eigenvalue weighted by Crippen LogP contribution is -2.17. The Kier molecular flexibility index (Phi) is 6.96. The molecular formula is C22H21ClFN5O2S. The van der Waals surface area contributed by atoms with E-state index in [0.29, 0.717) is 33.7 Å². The van der Waals surface area contributed by atoms with Crippen LogP contribution < -0.4 is 10.6 Å². The second kappa shape index (κ2) is 10.1. The van der Waals surface area contributed by atoms with Crippen molar-refractivity contribution >= 4 is 45.6 Å². The number of hydrogen-bond acceptors (Lipinski definition) is 7. The molecule has 0 radical (unpaired) electrons. The molecule has 1 aliphatic rings. The molecule has 166 valence electrons. The number of nitrogens with zero attached hydrogens (tertiary/aromatic N) is 3. The number of nitrogens with one attached hydrogen (secondary N) is 2. The van der Waals surface area contributed by atoms with E-state index < -0.39 is 11.7 Å². The van der Waals surface area contributed by atoms with Gasteiger partial charge >= 0.3 is 0 Å². The molecule has 2 N–H and O–H groups in total. The van der Waals surface area contributed by atoms with Crippen LogP contribution >= 0.6 is 23.1 Å². The number of benzene rings is 1. The molecule has 1 atom stereocenters. The molecule has 2 aromatic heterocycles. The van der Waals surface area contributed by atoms with Gasteiger partial charge in [-0.2, -0.15) is 4.37 Å². The van der Waals surface area contributed by atoms with E-state index in [-0.39, 0.29) is 11.1 Å². The van der Waals surface area contributed by atoms with E-state index in [1.807, 2.05) is 12.2 Å². The Bertz CT molecular complexity index is 1160. The molecule has 3 heterocycles. The number of anilines is 2. The molecule has 0 saturated carbocycles. The first-order valence-corrected chi connectivity index (χ1v) is 11.3. The zero-order valence-corrected chi connectivity index (χ0v) is 18.8. The minimum atomic E-state index is -0.606. The van der Waals surface area contributed by atoms with Crippen LogP contribution in [0.4, 0.5) is 15.1 Å². The molecule has 32 heavy (non-hydrogen) atoms. The zero-order chi connectivity index (χ0) is 22.5. The summed E-state index contributed by atoms with van der Waals surface area (Å²) in [6.45, 7) is 1.75. The Labute approximate surface area is 193 Å². The number of carbonyl (C=O) groups is 1. The average molecular weight is 474 g/mol. The molecule has 1 amide bonds. The maximum Gasteiger partial charge on any atom is 0.260 e. The standard InChI is InChI=1S/C22H21ClFN5O2S/c1-13-19(20(30)26-14-8-9-15(23)16(24)12-14)22(32-29-13)28-18-7-5-3-2-4-6-17(27-18)21-25-10-11-31-21/h5,7-12,17H,2-4,6H2,1H3,(H,26,30)(H,27,28). The van der Waals surface area contributed by atoms with Gasteiger partial charge in [0.15, 0.2) is 0 Å². The van der Waals surface area contributed by atoms with Crippen LogP contribution in [0.1, 0.15) is 53.7 Å². The number of amidine groups is 1. The van der Waals surface area contributed by atoms with E-state index in [1.165, 1.54) is 24.5 Å². The van der Waals surface area contributed by atoms with Gasteiger partial charge in [0.2, 0.25) is 5.89 Å². The number of hydrogen-bond donors (Lipinski definition) is 2. The van der Waals surface area contributed by atoms with Gasteiger partial charge in [-0.25, -0.2) is 9.37 Å². The molecule has 3 aromatic rings. The van der Waals surface area contributed by atoms with Crippen molar-refractivity contribution in [2.24, 2.45) is 4.99 Å². The van der Waals surface area contributed by atoms with Gasteiger partial charge in [0.25, 0.3) is 5.91 Å². The molecule has 7 nitrogen and oxygen atoms in total. The number of allylic oxidation sites excluding steroid dienone is 1. The van der Waals surface area contributed by atoms with Crippen molar-refractivity contribution in [1.29, 1.82) is 0 Å². The highest BCUT2D eigenvalue weighted by molar-refractivity contribution is 7.11. The smallest absolute Gasteiger partial charge is 0.260 e. The SMILES string of the molecule is Cc1nsc(NC2=NC(c3ncco3)CCCCC=C2)c1C(=O)Nc1ccc(Cl)c(F)c1. The summed E-state index contributed by atoms with van der Waals surface area (Å²) >= 11 is 6.88. The Morgan fingerprint density at radius 2 is 2.22 bits per heavy atom. The molecule has 0 aliphatic carbocycles. The summed E-state index contributed by atoms with van der Waals surface area (Å²) in [5.41, 5.74) is 1.23. The molecule has 1 aromatic carbocycles. The largest absolute Gasteiger partial charge is 0.447 e. The third-order valence-corrected chi connectivity index (χ3v) is 6.07. The fourth-order valence-electron chi connectivity index (χ4n) is 3.33. The average Bonchev–Trinajstić information content (AvgIpc) is 3.43. The third kappa shape index (κ3) is 5.23. The monoisotopic (exact) mass is 473 g/mol. The number of oxazole rings is 1. The van der Waals surface area contributed by atoms with Crippen LogP contribution in [-0.2, 0) is 0 Å². The first kappa shape index (κ1) is 22.2. The van der Waals surface area contributed by atoms with Gasteiger partial charge < -0.3 is 15.1 Å². The molecule has 0 saturated heterocycles. The highest BCUT2D eigenvalue weighted by atomic mass is 35.5. The van der Waals surface area contributed by atoms with Crippen molar-refractivity contribution in [3.05, 3.63) is 70.8 Å². The van der Waals surface area contributed by atoms with E-state index in [4.69, 9.17) is 21.0 Å². The summed E-state index contributed by atoms with van der Waals surface area (Å²) in [7, 11) is 0. The van der Waals surface area contributed by atoms with Crippen LogP contribution in [0, 0.1) is 12.7 Å². The first-order valence-electron chi connectivity index (χ1n) is 10.1. The van der Waals surface area contributed by atoms with Crippen LogP contribution in [0.2, 0.25) is 5.02 Å². The van der Waals surface area contributed by atoms with Gasteiger partial charge in [-0.05, 0) is 62.0 Å². The summed E-state index contributed by atoms with van der Waals surface area (Å²) < 4.78 is 23.5. The Hall–Kier alpha value is -3.04. The lowest BCUT2D eigenvalue weighted by atomic mass is 10.1. The van der Waals surface area contributed by atoms with Crippen molar-refractivity contribution in [2.75, 3.05) is 10.6 Å². The normalized spacial score (nSPS) is 16.6.